The maximum absolute atomic E-state index is 11.8. The fourth-order valence-electron chi connectivity index (χ4n) is 5.64. The average Bonchev–Trinajstić information content (AvgIpc) is 2.57. The Kier molecular flexibility index (Phi) is 3.61. The van der Waals surface area contributed by atoms with Crippen LogP contribution in [-0.2, 0) is 11.8 Å². The maximum Gasteiger partial charge on any atom is 0.164 e. The lowest BCUT2D eigenvalue weighted by atomic mass is 9.49. The summed E-state index contributed by atoms with van der Waals surface area (Å²) in [5.74, 6) is 1.43. The van der Waals surface area contributed by atoms with E-state index < -0.39 is 11.0 Å². The molecular weight excluding hydrogens is 306 g/mol. The van der Waals surface area contributed by atoms with Crippen molar-refractivity contribution in [2.75, 3.05) is 27.8 Å². The minimum atomic E-state index is -0.828. The molecule has 0 amide bonds. The number of likely N-dealkylation sites (tertiary alicyclic amines) is 1. The molecular formula is C19H27NO4. The molecule has 2 N–H and O–H groups in total. The van der Waals surface area contributed by atoms with Crippen molar-refractivity contribution in [1.29, 1.82) is 0 Å². The SMILES string of the molecule is COc1ccc2c(c1OC)[C@]13CCN(C)[C@@H](C2)[C@]1(O)CC[C@H](O)C3. The first-order valence-corrected chi connectivity index (χ1v) is 8.82. The molecule has 24 heavy (non-hydrogen) atoms. The van der Waals surface area contributed by atoms with Crippen molar-refractivity contribution in [3.05, 3.63) is 23.3 Å². The Bertz CT molecular complexity index is 663. The number of fused-ring (bicyclic) bond motifs is 1. The minimum absolute atomic E-state index is 0.0874. The van der Waals surface area contributed by atoms with Crippen LogP contribution in [0.2, 0.25) is 0 Å². The molecule has 1 aliphatic heterocycles. The molecule has 1 heterocycles. The topological polar surface area (TPSA) is 62.2 Å². The average molecular weight is 333 g/mol. The number of aliphatic hydroxyl groups is 2. The number of nitrogens with zero attached hydrogens (tertiary/aromatic N) is 1. The molecule has 5 heteroatoms. The molecule has 1 aromatic rings. The van der Waals surface area contributed by atoms with Gasteiger partial charge in [-0.3, -0.25) is 0 Å². The van der Waals surface area contributed by atoms with Gasteiger partial charge >= 0.3 is 0 Å². The number of aliphatic hydroxyl groups excluding tert-OH is 1. The normalized spacial score (nSPS) is 38.2. The van der Waals surface area contributed by atoms with Crippen LogP contribution in [0.5, 0.6) is 11.5 Å². The summed E-state index contributed by atoms with van der Waals surface area (Å²) in [6.07, 6.45) is 3.12. The van der Waals surface area contributed by atoms with Gasteiger partial charge in [0.25, 0.3) is 0 Å². The molecule has 0 aromatic heterocycles. The first-order chi connectivity index (χ1) is 11.5. The Morgan fingerprint density at radius 3 is 2.71 bits per heavy atom. The van der Waals surface area contributed by atoms with E-state index in [1.165, 1.54) is 5.56 Å². The highest BCUT2D eigenvalue weighted by atomic mass is 16.5. The van der Waals surface area contributed by atoms with Crippen molar-refractivity contribution in [2.24, 2.45) is 0 Å². The molecule has 0 radical (unpaired) electrons. The van der Waals surface area contributed by atoms with Crippen molar-refractivity contribution in [2.45, 2.75) is 55.3 Å². The van der Waals surface area contributed by atoms with Gasteiger partial charge in [0.2, 0.25) is 0 Å². The largest absolute Gasteiger partial charge is 0.493 e. The molecule has 132 valence electrons. The van der Waals surface area contributed by atoms with E-state index in [1.54, 1.807) is 14.2 Å². The highest BCUT2D eigenvalue weighted by Gasteiger charge is 2.65. The summed E-state index contributed by atoms with van der Waals surface area (Å²) in [4.78, 5) is 2.29. The van der Waals surface area contributed by atoms with Gasteiger partial charge in [-0.15, -0.1) is 0 Å². The second-order valence-corrected chi connectivity index (χ2v) is 7.69. The monoisotopic (exact) mass is 333 g/mol. The number of hydrogen-bond donors (Lipinski definition) is 2. The predicted molar refractivity (Wildman–Crippen MR) is 90.8 cm³/mol. The van der Waals surface area contributed by atoms with E-state index in [4.69, 9.17) is 9.47 Å². The number of ether oxygens (including phenoxy) is 2. The van der Waals surface area contributed by atoms with Crippen LogP contribution < -0.4 is 9.47 Å². The summed E-state index contributed by atoms with van der Waals surface area (Å²) in [5.41, 5.74) is 0.985. The smallest absolute Gasteiger partial charge is 0.164 e. The first-order valence-electron chi connectivity index (χ1n) is 8.82. The second-order valence-electron chi connectivity index (χ2n) is 7.69. The van der Waals surface area contributed by atoms with E-state index in [1.807, 2.05) is 6.07 Å². The zero-order valence-corrected chi connectivity index (χ0v) is 14.7. The lowest BCUT2D eigenvalue weighted by Gasteiger charge is -2.64. The number of hydrogen-bond acceptors (Lipinski definition) is 5. The van der Waals surface area contributed by atoms with Crippen LogP contribution in [0, 0.1) is 0 Å². The number of piperidine rings is 1. The highest BCUT2D eigenvalue weighted by molar-refractivity contribution is 5.59. The Labute approximate surface area is 143 Å². The summed E-state index contributed by atoms with van der Waals surface area (Å²) in [6.45, 7) is 0.916. The number of benzene rings is 1. The van der Waals surface area contributed by atoms with Crippen LogP contribution in [0.4, 0.5) is 0 Å². The van der Waals surface area contributed by atoms with E-state index in [-0.39, 0.29) is 12.1 Å². The molecule has 2 aliphatic carbocycles. The third-order valence-corrected chi connectivity index (χ3v) is 6.77. The summed E-state index contributed by atoms with van der Waals surface area (Å²) in [5, 5.41) is 22.3. The highest BCUT2D eigenvalue weighted by Crippen LogP contribution is 2.61. The van der Waals surface area contributed by atoms with Gasteiger partial charge in [0.1, 0.15) is 0 Å². The summed E-state index contributed by atoms with van der Waals surface area (Å²) >= 11 is 0. The molecule has 4 rings (SSSR count). The standard InChI is InChI=1S/C19H27NO4/c1-20-9-8-18-11-13(21)6-7-19(18,22)15(20)10-12-4-5-14(23-2)17(24-3)16(12)18/h4-5,13,15,21-22H,6-11H2,1-3H3/t13-,15-,18+,19+/m0/s1. The van der Waals surface area contributed by atoms with Gasteiger partial charge in [-0.25, -0.2) is 0 Å². The maximum atomic E-state index is 11.8. The molecule has 2 bridgehead atoms. The molecule has 1 saturated carbocycles. The van der Waals surface area contributed by atoms with Gasteiger partial charge in [-0.1, -0.05) is 6.07 Å². The van der Waals surface area contributed by atoms with Crippen molar-refractivity contribution in [3.63, 3.8) is 0 Å². The van der Waals surface area contributed by atoms with Gasteiger partial charge in [0, 0.05) is 17.0 Å². The van der Waals surface area contributed by atoms with Crippen molar-refractivity contribution in [1.82, 2.24) is 4.90 Å². The van der Waals surface area contributed by atoms with Gasteiger partial charge in [-0.05, 0) is 57.3 Å². The number of rotatable bonds is 2. The molecule has 3 aliphatic rings. The van der Waals surface area contributed by atoms with Gasteiger partial charge in [0.15, 0.2) is 11.5 Å². The fourth-order valence-corrected chi connectivity index (χ4v) is 5.64. The summed E-state index contributed by atoms with van der Waals surface area (Å²) in [7, 11) is 5.40. The summed E-state index contributed by atoms with van der Waals surface area (Å²) < 4.78 is 11.3. The van der Waals surface area contributed by atoms with Gasteiger partial charge in [-0.2, -0.15) is 0 Å². The van der Waals surface area contributed by atoms with Crippen molar-refractivity contribution < 1.29 is 19.7 Å². The Balaban J connectivity index is 2.00. The summed E-state index contributed by atoms with van der Waals surface area (Å²) in [6, 6.07) is 4.14. The van der Waals surface area contributed by atoms with Crippen LogP contribution in [0.25, 0.3) is 0 Å². The second kappa shape index (κ2) is 5.35. The molecule has 0 unspecified atom stereocenters. The third-order valence-electron chi connectivity index (χ3n) is 6.77. The molecule has 2 fully saturated rings. The van der Waals surface area contributed by atoms with Crippen molar-refractivity contribution >= 4 is 0 Å². The lowest BCUT2D eigenvalue weighted by molar-refractivity contribution is -0.177. The molecule has 0 spiro atoms. The van der Waals surface area contributed by atoms with Crippen LogP contribution in [0.3, 0.4) is 0 Å². The van der Waals surface area contributed by atoms with Crippen LogP contribution in [0.15, 0.2) is 12.1 Å². The van der Waals surface area contributed by atoms with Gasteiger partial charge < -0.3 is 24.6 Å². The molecule has 1 saturated heterocycles. The Morgan fingerprint density at radius 2 is 2.00 bits per heavy atom. The van der Waals surface area contributed by atoms with Crippen LogP contribution in [0.1, 0.15) is 36.8 Å². The zero-order valence-electron chi connectivity index (χ0n) is 14.7. The van der Waals surface area contributed by atoms with E-state index >= 15 is 0 Å². The Morgan fingerprint density at radius 1 is 1.21 bits per heavy atom. The van der Waals surface area contributed by atoms with E-state index in [0.29, 0.717) is 25.0 Å². The van der Waals surface area contributed by atoms with Crippen LogP contribution in [-0.4, -0.2) is 60.7 Å². The predicted octanol–water partition coefficient (Wildman–Crippen LogP) is 1.48. The van der Waals surface area contributed by atoms with Crippen molar-refractivity contribution in [3.8, 4) is 11.5 Å². The van der Waals surface area contributed by atoms with Gasteiger partial charge in [0.05, 0.1) is 25.9 Å². The molecule has 5 nitrogen and oxygen atoms in total. The zero-order chi connectivity index (χ0) is 17.1. The first kappa shape index (κ1) is 16.2. The molecule has 4 atom stereocenters. The Hall–Kier alpha value is -1.30. The number of likely N-dealkylation sites (N-methyl/N-ethyl adjacent to an activating group) is 1. The lowest BCUT2D eigenvalue weighted by Crippen LogP contribution is -2.73. The number of methoxy groups -OCH3 is 2. The van der Waals surface area contributed by atoms with Crippen LogP contribution >= 0.6 is 0 Å². The van der Waals surface area contributed by atoms with E-state index in [0.717, 1.165) is 30.7 Å². The quantitative estimate of drug-likeness (QED) is 0.858. The minimum Gasteiger partial charge on any atom is -0.493 e. The van der Waals surface area contributed by atoms with E-state index in [2.05, 4.69) is 18.0 Å². The third kappa shape index (κ3) is 1.86. The molecule has 1 aromatic carbocycles. The fraction of sp³-hybridized carbons (Fsp3) is 0.684. The van der Waals surface area contributed by atoms with E-state index in [9.17, 15) is 10.2 Å².